The summed E-state index contributed by atoms with van der Waals surface area (Å²) >= 11 is 0. The lowest BCUT2D eigenvalue weighted by molar-refractivity contribution is -0.137. The summed E-state index contributed by atoms with van der Waals surface area (Å²) in [6.07, 6.45) is 22.6. The fourth-order valence-corrected chi connectivity index (χ4v) is 10.8. The molecule has 0 aliphatic rings. The zero-order valence-electron chi connectivity index (χ0n) is 57.0. The van der Waals surface area contributed by atoms with Crippen molar-refractivity contribution in [2.24, 2.45) is 29.2 Å². The van der Waals surface area contributed by atoms with Gasteiger partial charge in [0.2, 0.25) is 23.6 Å². The van der Waals surface area contributed by atoms with Crippen LogP contribution in [0.25, 0.3) is 0 Å². The van der Waals surface area contributed by atoms with Gasteiger partial charge in [-0.05, 0) is 102 Å². The van der Waals surface area contributed by atoms with Gasteiger partial charge in [-0.25, -0.2) is 0 Å². The maximum absolute atomic E-state index is 14.1. The summed E-state index contributed by atoms with van der Waals surface area (Å²) in [5.41, 5.74) is 12.1. The Morgan fingerprint density at radius 2 is 1.06 bits per heavy atom. The third-order valence-corrected chi connectivity index (χ3v) is 16.7. The van der Waals surface area contributed by atoms with Crippen LogP contribution in [0, 0.1) is 23.2 Å². The summed E-state index contributed by atoms with van der Waals surface area (Å²) < 4.78 is 21.9. The van der Waals surface area contributed by atoms with Crippen molar-refractivity contribution in [1.82, 2.24) is 20.9 Å². The largest absolute Gasteiger partial charge is 0.508 e. The van der Waals surface area contributed by atoms with E-state index in [2.05, 4.69) is 16.0 Å². The molecular formula is C70H119N7O16. The van der Waals surface area contributed by atoms with E-state index in [-0.39, 0.29) is 168 Å². The topological polar surface area (TPSA) is 363 Å². The van der Waals surface area contributed by atoms with Crippen LogP contribution < -0.4 is 27.4 Å². The second-order valence-electron chi connectivity index (χ2n) is 25.1. The summed E-state index contributed by atoms with van der Waals surface area (Å²) in [7, 11) is 1.70. The van der Waals surface area contributed by atoms with Crippen LogP contribution in [0.2, 0.25) is 0 Å². The Kier molecular flexibility index (Phi) is 50.5. The highest BCUT2D eigenvalue weighted by Crippen LogP contribution is 2.24. The van der Waals surface area contributed by atoms with Gasteiger partial charge in [0, 0.05) is 82.9 Å². The standard InChI is InChI=1S/C70H119N7O16/c1-5-53(2)47-60(81)36-33-56(64(83)50-77(4)62(27-20-21-28-65(71)72)63(82)49-57(70(73)89)48-55-31-34-59(80)35-32-55)25-22-23-39-74-67(85)51-93-46-44-91-42-40-75-68(86)52-92-45-43-90-41-24-26-58(79)37-38-61(54(3)78)76-66(84)29-18-16-14-12-10-8-6-7-9-11-13-15-17-19-30-69(87)88/h31-32,34-35,53,56-57,61-62,80H,5-30,33,36-52H2,1-4H3,(H3,71,72)(H2,73,89)(H,74,85)(H,75,86)(H,76,84)(H,87,88)/t53?,56-,57-,61+,62+/m1/s1. The monoisotopic (exact) mass is 1310 g/mol. The highest BCUT2D eigenvalue weighted by atomic mass is 16.5. The second-order valence-corrected chi connectivity index (χ2v) is 25.1. The maximum atomic E-state index is 14.1. The number of unbranched alkanes of at least 4 members (excludes halogenated alkanes) is 15. The number of likely N-dealkylation sites (N-methyl/N-ethyl adjacent to an activating group) is 1. The predicted molar refractivity (Wildman–Crippen MR) is 358 cm³/mol. The number of carboxylic acid groups (broad SMARTS) is 1. The van der Waals surface area contributed by atoms with Gasteiger partial charge in [0.1, 0.15) is 36.3 Å². The van der Waals surface area contributed by atoms with Crippen molar-refractivity contribution in [3.05, 3.63) is 29.8 Å². The number of amides is 4. The van der Waals surface area contributed by atoms with E-state index in [9.17, 15) is 53.1 Å². The fourth-order valence-electron chi connectivity index (χ4n) is 10.8. The number of hydrogen-bond donors (Lipinski definition) is 8. The minimum atomic E-state index is -0.811. The van der Waals surface area contributed by atoms with Gasteiger partial charge in [-0.3, -0.25) is 58.3 Å². The van der Waals surface area contributed by atoms with Gasteiger partial charge in [0.25, 0.3) is 0 Å². The van der Waals surface area contributed by atoms with Gasteiger partial charge in [0.15, 0.2) is 11.6 Å². The normalized spacial score (nSPS) is 13.0. The molecule has 4 amide bonds. The summed E-state index contributed by atoms with van der Waals surface area (Å²) in [4.78, 5) is 128. The number of ether oxygens (including phenoxy) is 4. The van der Waals surface area contributed by atoms with Gasteiger partial charge >= 0.3 is 5.97 Å². The van der Waals surface area contributed by atoms with Crippen molar-refractivity contribution in [1.29, 1.82) is 5.41 Å². The lowest BCUT2D eigenvalue weighted by Crippen LogP contribution is -2.44. The third-order valence-electron chi connectivity index (χ3n) is 16.7. The molecule has 1 aromatic rings. The molecule has 530 valence electrons. The first-order valence-corrected chi connectivity index (χ1v) is 34.7. The van der Waals surface area contributed by atoms with Crippen molar-refractivity contribution in [2.75, 3.05) is 79.5 Å². The molecule has 0 aliphatic carbocycles. The Hall–Kier alpha value is -6.01. The molecule has 0 aliphatic heterocycles. The van der Waals surface area contributed by atoms with Crippen LogP contribution in [0.5, 0.6) is 5.75 Å². The summed E-state index contributed by atoms with van der Waals surface area (Å²) in [5.74, 6) is -3.57. The first kappa shape index (κ1) is 85.0. The lowest BCUT2D eigenvalue weighted by atomic mass is 9.88. The number of amidine groups is 1. The fraction of sp³-hybridized carbons (Fsp3) is 0.757. The van der Waals surface area contributed by atoms with Gasteiger partial charge in [0.05, 0.1) is 57.5 Å². The first-order chi connectivity index (χ1) is 44.6. The zero-order valence-corrected chi connectivity index (χ0v) is 57.0. The van der Waals surface area contributed by atoms with Crippen LogP contribution in [0.15, 0.2) is 24.3 Å². The van der Waals surface area contributed by atoms with Crippen molar-refractivity contribution in [3.63, 3.8) is 0 Å². The number of nitrogens with zero attached hydrogens (tertiary/aromatic N) is 1. The van der Waals surface area contributed by atoms with E-state index in [4.69, 9.17) is 40.9 Å². The molecule has 0 saturated carbocycles. The average molecular weight is 1310 g/mol. The molecule has 0 saturated heterocycles. The van der Waals surface area contributed by atoms with Gasteiger partial charge in [-0.15, -0.1) is 0 Å². The minimum Gasteiger partial charge on any atom is -0.508 e. The van der Waals surface area contributed by atoms with Crippen molar-refractivity contribution in [2.45, 2.75) is 245 Å². The van der Waals surface area contributed by atoms with E-state index in [0.717, 1.165) is 56.9 Å². The maximum Gasteiger partial charge on any atom is 0.303 e. The molecule has 23 nitrogen and oxygen atoms in total. The van der Waals surface area contributed by atoms with Crippen molar-refractivity contribution in [3.8, 4) is 5.75 Å². The number of rotatable bonds is 65. The van der Waals surface area contributed by atoms with Gasteiger partial charge in [-0.1, -0.05) is 122 Å². The Balaban J connectivity index is 2.28. The molecule has 0 bridgehead atoms. The smallest absolute Gasteiger partial charge is 0.303 e. The zero-order chi connectivity index (χ0) is 68.9. The van der Waals surface area contributed by atoms with Crippen LogP contribution in [-0.2, 0) is 73.3 Å². The Morgan fingerprint density at radius 3 is 1.62 bits per heavy atom. The molecule has 93 heavy (non-hydrogen) atoms. The SMILES string of the molecule is CCC(C)CC(=O)CC[C@@H](CCCCNC(=O)COCCOCCNC(=O)COCCOCCCC(=O)CC[C@H](NC(=O)CCCCCCCCCCCCCCCCC(=O)O)C(C)=O)C(=O)CN(C)[C@@H](CCCCC(=N)N)C(=O)C[C@@H](Cc1ccc(O)cc1)C(N)=O. The summed E-state index contributed by atoms with van der Waals surface area (Å²) in [6.45, 7) is 6.94. The number of phenolic OH excluding ortho intramolecular Hbond substituents is 1. The minimum absolute atomic E-state index is 0.0141. The summed E-state index contributed by atoms with van der Waals surface area (Å²) in [6, 6.07) is 4.93. The molecule has 0 radical (unpaired) electrons. The molecule has 5 atom stereocenters. The van der Waals surface area contributed by atoms with E-state index in [1.165, 1.54) is 64.0 Å². The quantitative estimate of drug-likeness (QED) is 0.0171. The third kappa shape index (κ3) is 48.4. The number of carboxylic acids is 1. The number of carbonyl (C=O) groups excluding carboxylic acids is 9. The second kappa shape index (κ2) is 55.3. The molecule has 1 aromatic carbocycles. The van der Waals surface area contributed by atoms with Crippen LogP contribution in [0.4, 0.5) is 0 Å². The number of aromatic hydroxyl groups is 1. The molecule has 10 N–H and O–H groups in total. The molecule has 1 unspecified atom stereocenters. The van der Waals surface area contributed by atoms with Crippen molar-refractivity contribution < 1.29 is 77.1 Å². The number of primary amides is 1. The van der Waals surface area contributed by atoms with Crippen LogP contribution in [0.3, 0.4) is 0 Å². The predicted octanol–water partition coefficient (Wildman–Crippen LogP) is 8.76. The first-order valence-electron chi connectivity index (χ1n) is 34.7. The number of hydrogen-bond acceptors (Lipinski definition) is 17. The Bertz CT molecular complexity index is 2300. The number of Topliss-reactive ketones (excluding diaryl/α,β-unsaturated/α-hetero) is 5. The van der Waals surface area contributed by atoms with E-state index < -0.39 is 35.8 Å². The number of nitrogens with two attached hydrogens (primary N) is 2. The molecule has 0 spiro atoms. The van der Waals surface area contributed by atoms with Crippen LogP contribution >= 0.6 is 0 Å². The number of carbonyl (C=O) groups is 10. The van der Waals surface area contributed by atoms with E-state index in [1.54, 1.807) is 24.1 Å². The molecule has 1 rings (SSSR count). The van der Waals surface area contributed by atoms with Crippen LogP contribution in [0.1, 0.15) is 232 Å². The Morgan fingerprint density at radius 1 is 0.538 bits per heavy atom. The average Bonchev–Trinajstić information content (AvgIpc) is 1.64. The number of phenols is 1. The molecular weight excluding hydrogens is 1190 g/mol. The molecule has 0 aromatic heterocycles. The van der Waals surface area contributed by atoms with E-state index in [1.807, 2.05) is 13.8 Å². The molecule has 0 fully saturated rings. The van der Waals surface area contributed by atoms with E-state index in [0.29, 0.717) is 83.8 Å². The summed E-state index contributed by atoms with van der Waals surface area (Å²) in [5, 5.41) is 34.4. The van der Waals surface area contributed by atoms with Crippen LogP contribution in [-0.4, -0.2) is 171 Å². The lowest BCUT2D eigenvalue weighted by Gasteiger charge is -2.29. The Labute approximate surface area is 554 Å². The van der Waals surface area contributed by atoms with Gasteiger partial charge < -0.3 is 56.6 Å². The highest BCUT2D eigenvalue weighted by molar-refractivity contribution is 5.91. The highest BCUT2D eigenvalue weighted by Gasteiger charge is 2.31. The van der Waals surface area contributed by atoms with E-state index >= 15 is 0 Å². The van der Waals surface area contributed by atoms with Crippen molar-refractivity contribution >= 4 is 64.3 Å². The number of nitrogens with one attached hydrogen (secondary N) is 4. The van der Waals surface area contributed by atoms with Gasteiger partial charge in [-0.2, -0.15) is 0 Å². The number of aliphatic carboxylic acids is 1. The molecule has 0 heterocycles. The number of benzene rings is 1. The molecule has 23 heteroatoms. The number of ketones is 5.